The first-order valence-electron chi connectivity index (χ1n) is 8.00. The number of hydrogen-bond donors (Lipinski definition) is 1. The smallest absolute Gasteiger partial charge is 0.183 e. The van der Waals surface area contributed by atoms with Crippen LogP contribution in [0.4, 0.5) is 5.13 Å². The number of thiazole rings is 1. The van der Waals surface area contributed by atoms with Crippen LogP contribution in [0.5, 0.6) is 11.5 Å². The highest BCUT2D eigenvalue weighted by Gasteiger charge is 2.17. The van der Waals surface area contributed by atoms with Gasteiger partial charge in [0.2, 0.25) is 0 Å². The van der Waals surface area contributed by atoms with Crippen LogP contribution in [0.2, 0.25) is 0 Å². The summed E-state index contributed by atoms with van der Waals surface area (Å²) in [5, 5.41) is 6.68. The summed E-state index contributed by atoms with van der Waals surface area (Å²) in [6.45, 7) is 1.43. The molecule has 1 aromatic heterocycles. The van der Waals surface area contributed by atoms with E-state index in [0.717, 1.165) is 40.9 Å². The standard InChI is InChI=1S/C17H20N2O2S/c1-2-5-13(4-1)18-17-19-14(11-22-17)12-6-7-15-16(10-12)21-9-3-8-20-15/h6-7,10-11,13H,1-5,8-9H2,(H,18,19). The second-order valence-corrected chi connectivity index (χ2v) is 6.73. The molecule has 1 fully saturated rings. The molecule has 0 saturated heterocycles. The number of rotatable bonds is 3. The van der Waals surface area contributed by atoms with Gasteiger partial charge in [-0.2, -0.15) is 0 Å². The summed E-state index contributed by atoms with van der Waals surface area (Å²) in [6.07, 6.45) is 6.12. The molecule has 2 aromatic rings. The molecule has 2 aliphatic rings. The van der Waals surface area contributed by atoms with Gasteiger partial charge in [0.05, 0.1) is 18.9 Å². The lowest BCUT2D eigenvalue weighted by molar-refractivity contribution is 0.297. The fourth-order valence-electron chi connectivity index (χ4n) is 3.04. The van der Waals surface area contributed by atoms with Crippen molar-refractivity contribution < 1.29 is 9.47 Å². The van der Waals surface area contributed by atoms with Crippen LogP contribution >= 0.6 is 11.3 Å². The summed E-state index contributed by atoms with van der Waals surface area (Å²) in [5.41, 5.74) is 2.08. The Morgan fingerprint density at radius 3 is 2.73 bits per heavy atom. The maximum atomic E-state index is 5.76. The fourth-order valence-corrected chi connectivity index (χ4v) is 3.84. The van der Waals surface area contributed by atoms with E-state index in [9.17, 15) is 0 Å². The molecular weight excluding hydrogens is 296 g/mol. The summed E-state index contributed by atoms with van der Waals surface area (Å²) in [4.78, 5) is 4.73. The minimum Gasteiger partial charge on any atom is -0.490 e. The number of hydrogen-bond acceptors (Lipinski definition) is 5. The van der Waals surface area contributed by atoms with Crippen molar-refractivity contribution in [3.63, 3.8) is 0 Å². The number of anilines is 1. The largest absolute Gasteiger partial charge is 0.490 e. The van der Waals surface area contributed by atoms with Crippen molar-refractivity contribution in [3.05, 3.63) is 23.6 Å². The van der Waals surface area contributed by atoms with Crippen LogP contribution in [0, 0.1) is 0 Å². The number of benzene rings is 1. The number of nitrogens with zero attached hydrogens (tertiary/aromatic N) is 1. The van der Waals surface area contributed by atoms with Crippen molar-refractivity contribution >= 4 is 16.5 Å². The van der Waals surface area contributed by atoms with Crippen molar-refractivity contribution in [1.29, 1.82) is 0 Å². The molecule has 4 nitrogen and oxygen atoms in total. The van der Waals surface area contributed by atoms with Gasteiger partial charge in [-0.3, -0.25) is 0 Å². The highest BCUT2D eigenvalue weighted by Crippen LogP contribution is 2.35. The topological polar surface area (TPSA) is 43.4 Å². The van der Waals surface area contributed by atoms with Gasteiger partial charge >= 0.3 is 0 Å². The zero-order chi connectivity index (χ0) is 14.8. The van der Waals surface area contributed by atoms with Gasteiger partial charge in [0.15, 0.2) is 16.6 Å². The van der Waals surface area contributed by atoms with E-state index in [1.54, 1.807) is 11.3 Å². The molecule has 5 heteroatoms. The molecular formula is C17H20N2O2S. The third kappa shape index (κ3) is 2.90. The Balaban J connectivity index is 1.54. The lowest BCUT2D eigenvalue weighted by Gasteiger charge is -2.10. The van der Waals surface area contributed by atoms with Gasteiger partial charge in [-0.05, 0) is 31.0 Å². The summed E-state index contributed by atoms with van der Waals surface area (Å²) >= 11 is 1.68. The minimum absolute atomic E-state index is 0.600. The van der Waals surface area contributed by atoms with Crippen LogP contribution in [0.3, 0.4) is 0 Å². The molecule has 4 rings (SSSR count). The summed E-state index contributed by atoms with van der Waals surface area (Å²) in [5.74, 6) is 1.66. The van der Waals surface area contributed by atoms with Crippen LogP contribution in [-0.2, 0) is 0 Å². The van der Waals surface area contributed by atoms with E-state index < -0.39 is 0 Å². The average Bonchev–Trinajstić information content (AvgIpc) is 3.15. The maximum Gasteiger partial charge on any atom is 0.183 e. The molecule has 0 atom stereocenters. The van der Waals surface area contributed by atoms with Crippen LogP contribution < -0.4 is 14.8 Å². The first kappa shape index (κ1) is 13.9. The second kappa shape index (κ2) is 6.16. The predicted molar refractivity (Wildman–Crippen MR) is 89.0 cm³/mol. The van der Waals surface area contributed by atoms with E-state index in [1.807, 2.05) is 12.1 Å². The van der Waals surface area contributed by atoms with Gasteiger partial charge in [0.25, 0.3) is 0 Å². The molecule has 1 N–H and O–H groups in total. The molecule has 0 amide bonds. The van der Waals surface area contributed by atoms with Gasteiger partial charge < -0.3 is 14.8 Å². The highest BCUT2D eigenvalue weighted by atomic mass is 32.1. The van der Waals surface area contributed by atoms with Crippen molar-refractivity contribution in [2.24, 2.45) is 0 Å². The monoisotopic (exact) mass is 316 g/mol. The molecule has 116 valence electrons. The number of aromatic nitrogens is 1. The number of ether oxygens (including phenoxy) is 2. The first-order chi connectivity index (χ1) is 10.9. The van der Waals surface area contributed by atoms with Gasteiger partial charge in [0.1, 0.15) is 0 Å². The Labute approximate surface area is 134 Å². The predicted octanol–water partition coefficient (Wildman–Crippen LogP) is 4.33. The third-order valence-electron chi connectivity index (χ3n) is 4.23. The first-order valence-corrected chi connectivity index (χ1v) is 8.88. The number of nitrogens with one attached hydrogen (secondary N) is 1. The highest BCUT2D eigenvalue weighted by molar-refractivity contribution is 7.14. The lowest BCUT2D eigenvalue weighted by atomic mass is 10.1. The van der Waals surface area contributed by atoms with Crippen molar-refractivity contribution in [3.8, 4) is 22.8 Å². The second-order valence-electron chi connectivity index (χ2n) is 5.88. The molecule has 0 bridgehead atoms. The van der Waals surface area contributed by atoms with Gasteiger partial charge in [-0.25, -0.2) is 4.98 Å². The van der Waals surface area contributed by atoms with Crippen LogP contribution in [0.15, 0.2) is 23.6 Å². The Morgan fingerprint density at radius 1 is 1.05 bits per heavy atom. The molecule has 1 aliphatic carbocycles. The van der Waals surface area contributed by atoms with E-state index in [-0.39, 0.29) is 0 Å². The number of fused-ring (bicyclic) bond motifs is 1. The van der Waals surface area contributed by atoms with Crippen molar-refractivity contribution in [2.45, 2.75) is 38.1 Å². The van der Waals surface area contributed by atoms with Crippen molar-refractivity contribution in [1.82, 2.24) is 4.98 Å². The third-order valence-corrected chi connectivity index (χ3v) is 5.00. The lowest BCUT2D eigenvalue weighted by Crippen LogP contribution is -2.13. The Morgan fingerprint density at radius 2 is 1.86 bits per heavy atom. The summed E-state index contributed by atoms with van der Waals surface area (Å²) in [7, 11) is 0. The van der Waals surface area contributed by atoms with Gasteiger partial charge in [-0.1, -0.05) is 12.8 Å². The molecule has 1 aliphatic heterocycles. The summed E-state index contributed by atoms with van der Waals surface area (Å²) < 4.78 is 11.4. The Hall–Kier alpha value is -1.75. The molecule has 0 unspecified atom stereocenters. The normalized spacial score (nSPS) is 18.2. The van der Waals surface area contributed by atoms with Gasteiger partial charge in [-0.15, -0.1) is 11.3 Å². The quantitative estimate of drug-likeness (QED) is 0.915. The SMILES string of the molecule is c1cc2c(cc1-c1csc(NC3CCCC3)n1)OCCCO2. The zero-order valence-electron chi connectivity index (χ0n) is 12.5. The molecule has 1 aromatic carbocycles. The molecule has 0 radical (unpaired) electrons. The maximum absolute atomic E-state index is 5.76. The van der Waals surface area contributed by atoms with Gasteiger partial charge in [0, 0.05) is 23.4 Å². The van der Waals surface area contributed by atoms with Crippen LogP contribution in [-0.4, -0.2) is 24.2 Å². The average molecular weight is 316 g/mol. The van der Waals surface area contributed by atoms with Crippen molar-refractivity contribution in [2.75, 3.05) is 18.5 Å². The van der Waals surface area contributed by atoms with E-state index in [4.69, 9.17) is 14.5 Å². The fraction of sp³-hybridized carbons (Fsp3) is 0.471. The molecule has 2 heterocycles. The summed E-state index contributed by atoms with van der Waals surface area (Å²) in [6, 6.07) is 6.68. The minimum atomic E-state index is 0.600. The van der Waals surface area contributed by atoms with E-state index in [2.05, 4.69) is 16.8 Å². The van der Waals surface area contributed by atoms with Crippen LogP contribution in [0.1, 0.15) is 32.1 Å². The van der Waals surface area contributed by atoms with E-state index >= 15 is 0 Å². The molecule has 1 saturated carbocycles. The van der Waals surface area contributed by atoms with E-state index in [1.165, 1.54) is 25.7 Å². The zero-order valence-corrected chi connectivity index (χ0v) is 13.3. The Bertz CT molecular complexity index is 650. The molecule has 0 spiro atoms. The molecule has 22 heavy (non-hydrogen) atoms. The Kier molecular flexibility index (Phi) is 3.89. The van der Waals surface area contributed by atoms with Crippen LogP contribution in [0.25, 0.3) is 11.3 Å². The van der Waals surface area contributed by atoms with E-state index in [0.29, 0.717) is 12.6 Å².